The number of hydrogen-bond donors (Lipinski definition) is 0. The van der Waals surface area contributed by atoms with Gasteiger partial charge in [0.05, 0.1) is 10.5 Å². The maximum Gasteiger partial charge on any atom is 0.282 e. The highest BCUT2D eigenvalue weighted by molar-refractivity contribution is 6.24. The van der Waals surface area contributed by atoms with E-state index in [2.05, 4.69) is 0 Å². The van der Waals surface area contributed by atoms with E-state index in [1.165, 1.54) is 18.2 Å². The third-order valence-corrected chi connectivity index (χ3v) is 3.99. The Bertz CT molecular complexity index is 747. The molecule has 1 aromatic rings. The predicted molar refractivity (Wildman–Crippen MR) is 94.7 cm³/mol. The second-order valence-corrected chi connectivity index (χ2v) is 7.24. The maximum absolute atomic E-state index is 12.7. The number of nitro benzene ring substituents is 1. The number of amides is 3. The Morgan fingerprint density at radius 3 is 2.19 bits per heavy atom. The molecule has 0 fully saturated rings. The topological polar surface area (TPSA) is 101 Å². The van der Waals surface area contributed by atoms with Gasteiger partial charge in [-0.3, -0.25) is 29.4 Å². The van der Waals surface area contributed by atoms with Crippen LogP contribution in [-0.4, -0.2) is 52.1 Å². The quantitative estimate of drug-likeness (QED) is 0.421. The van der Waals surface area contributed by atoms with Gasteiger partial charge in [-0.25, -0.2) is 0 Å². The zero-order chi connectivity index (χ0) is 19.6. The van der Waals surface area contributed by atoms with Crippen molar-refractivity contribution in [1.82, 2.24) is 9.80 Å². The van der Waals surface area contributed by atoms with Crippen molar-refractivity contribution in [3.8, 4) is 0 Å². The summed E-state index contributed by atoms with van der Waals surface area (Å²) in [6.45, 7) is 8.53. The summed E-state index contributed by atoms with van der Waals surface area (Å²) in [7, 11) is 0. The molecule has 1 aliphatic heterocycles. The molecule has 1 heterocycles. The Hall–Kier alpha value is -2.77. The maximum atomic E-state index is 12.7. The van der Waals surface area contributed by atoms with Gasteiger partial charge in [-0.2, -0.15) is 0 Å². The Morgan fingerprint density at radius 1 is 1.12 bits per heavy atom. The van der Waals surface area contributed by atoms with Crippen LogP contribution in [0.1, 0.15) is 48.4 Å². The number of hydrogen-bond acceptors (Lipinski definition) is 5. The minimum Gasteiger partial charge on any atom is -0.341 e. The molecule has 2 rings (SSSR count). The van der Waals surface area contributed by atoms with Crippen molar-refractivity contribution in [1.29, 1.82) is 0 Å². The van der Waals surface area contributed by atoms with E-state index in [-0.39, 0.29) is 28.9 Å². The van der Waals surface area contributed by atoms with Crippen molar-refractivity contribution in [3.05, 3.63) is 39.4 Å². The highest BCUT2D eigenvalue weighted by Gasteiger charge is 2.42. The zero-order valence-corrected chi connectivity index (χ0v) is 15.4. The molecule has 0 bridgehead atoms. The smallest absolute Gasteiger partial charge is 0.282 e. The first-order valence-corrected chi connectivity index (χ1v) is 8.54. The molecular weight excluding hydrogens is 338 g/mol. The molecule has 1 aliphatic rings. The average Bonchev–Trinajstić information content (AvgIpc) is 2.78. The second kappa shape index (κ2) is 7.63. The molecule has 0 atom stereocenters. The summed E-state index contributed by atoms with van der Waals surface area (Å²) < 4.78 is 0. The van der Waals surface area contributed by atoms with E-state index in [9.17, 15) is 24.5 Å². The van der Waals surface area contributed by atoms with Crippen LogP contribution in [0.3, 0.4) is 0 Å². The summed E-state index contributed by atoms with van der Waals surface area (Å²) in [6, 6.07) is 3.91. The fourth-order valence-corrected chi connectivity index (χ4v) is 3.01. The SMILES string of the molecule is CC(C)CN(CC(C)C)C(=O)CN1C(=O)c2cccc([N+](=O)[O-])c2C1=O. The van der Waals surface area contributed by atoms with Gasteiger partial charge < -0.3 is 4.90 Å². The first-order chi connectivity index (χ1) is 12.1. The summed E-state index contributed by atoms with van der Waals surface area (Å²) in [5.74, 6) is -1.33. The number of carbonyl (C=O) groups excluding carboxylic acids is 3. The van der Waals surface area contributed by atoms with Crippen molar-refractivity contribution in [2.24, 2.45) is 11.8 Å². The number of nitro groups is 1. The lowest BCUT2D eigenvalue weighted by Gasteiger charge is -2.28. The van der Waals surface area contributed by atoms with Crippen molar-refractivity contribution in [3.63, 3.8) is 0 Å². The molecule has 140 valence electrons. The van der Waals surface area contributed by atoms with Gasteiger partial charge in [0.1, 0.15) is 12.1 Å². The van der Waals surface area contributed by atoms with Gasteiger partial charge in [0.15, 0.2) is 0 Å². The first-order valence-electron chi connectivity index (χ1n) is 8.54. The molecule has 0 aliphatic carbocycles. The van der Waals surface area contributed by atoms with E-state index in [1.54, 1.807) is 4.90 Å². The molecule has 0 radical (unpaired) electrons. The number of benzene rings is 1. The van der Waals surface area contributed by atoms with Crippen LogP contribution >= 0.6 is 0 Å². The third kappa shape index (κ3) is 3.89. The van der Waals surface area contributed by atoms with Gasteiger partial charge in [0.2, 0.25) is 5.91 Å². The third-order valence-electron chi connectivity index (χ3n) is 3.99. The lowest BCUT2D eigenvalue weighted by atomic mass is 10.1. The number of nitrogens with zero attached hydrogens (tertiary/aromatic N) is 3. The fourth-order valence-electron chi connectivity index (χ4n) is 3.01. The Morgan fingerprint density at radius 2 is 1.69 bits per heavy atom. The van der Waals surface area contributed by atoms with E-state index in [0.717, 1.165) is 4.90 Å². The van der Waals surface area contributed by atoms with Crippen molar-refractivity contribution in [2.45, 2.75) is 27.7 Å². The van der Waals surface area contributed by atoms with Crippen LogP contribution in [0, 0.1) is 22.0 Å². The minimum absolute atomic E-state index is 0.0312. The molecule has 0 spiro atoms. The van der Waals surface area contributed by atoms with E-state index < -0.39 is 29.0 Å². The van der Waals surface area contributed by atoms with Crippen LogP contribution in [-0.2, 0) is 4.79 Å². The number of carbonyl (C=O) groups is 3. The van der Waals surface area contributed by atoms with Gasteiger partial charge in [-0.05, 0) is 17.9 Å². The number of fused-ring (bicyclic) bond motifs is 1. The summed E-state index contributed by atoms with van der Waals surface area (Å²) in [4.78, 5) is 50.6. The van der Waals surface area contributed by atoms with E-state index in [1.807, 2.05) is 27.7 Å². The van der Waals surface area contributed by atoms with Crippen molar-refractivity contribution < 1.29 is 19.3 Å². The highest BCUT2D eigenvalue weighted by atomic mass is 16.6. The number of imide groups is 1. The monoisotopic (exact) mass is 361 g/mol. The molecule has 8 heteroatoms. The number of rotatable bonds is 7. The first kappa shape index (κ1) is 19.6. The highest BCUT2D eigenvalue weighted by Crippen LogP contribution is 2.30. The second-order valence-electron chi connectivity index (χ2n) is 7.24. The normalized spacial score (nSPS) is 13.5. The van der Waals surface area contributed by atoms with Gasteiger partial charge >= 0.3 is 0 Å². The molecule has 8 nitrogen and oxygen atoms in total. The molecule has 3 amide bonds. The van der Waals surface area contributed by atoms with Gasteiger partial charge in [-0.1, -0.05) is 33.8 Å². The van der Waals surface area contributed by atoms with Crippen LogP contribution in [0.4, 0.5) is 5.69 Å². The molecule has 0 saturated carbocycles. The summed E-state index contributed by atoms with van der Waals surface area (Å²) in [5, 5.41) is 11.1. The molecular formula is C18H23N3O5. The Labute approximate surface area is 151 Å². The molecule has 0 N–H and O–H groups in total. The average molecular weight is 361 g/mol. The summed E-state index contributed by atoms with van der Waals surface area (Å²) in [6.07, 6.45) is 0. The van der Waals surface area contributed by atoms with Gasteiger partial charge in [-0.15, -0.1) is 0 Å². The molecule has 0 saturated heterocycles. The lowest BCUT2D eigenvalue weighted by molar-refractivity contribution is -0.385. The van der Waals surface area contributed by atoms with Gasteiger partial charge in [0.25, 0.3) is 17.5 Å². The summed E-state index contributed by atoms with van der Waals surface area (Å²) >= 11 is 0. The van der Waals surface area contributed by atoms with Crippen molar-refractivity contribution >= 4 is 23.4 Å². The van der Waals surface area contributed by atoms with Crippen molar-refractivity contribution in [2.75, 3.05) is 19.6 Å². The van der Waals surface area contributed by atoms with Crippen LogP contribution in [0.2, 0.25) is 0 Å². The van der Waals surface area contributed by atoms with Crippen LogP contribution < -0.4 is 0 Å². The zero-order valence-electron chi connectivity index (χ0n) is 15.4. The fraction of sp³-hybridized carbons (Fsp3) is 0.500. The summed E-state index contributed by atoms with van der Waals surface area (Å²) in [5.41, 5.74) is -0.692. The molecule has 26 heavy (non-hydrogen) atoms. The predicted octanol–water partition coefficient (Wildman–Crippen LogP) is 2.33. The van der Waals surface area contributed by atoms with E-state index in [0.29, 0.717) is 13.1 Å². The Balaban J connectivity index is 2.26. The molecule has 0 unspecified atom stereocenters. The van der Waals surface area contributed by atoms with Crippen LogP contribution in [0.25, 0.3) is 0 Å². The Kier molecular flexibility index (Phi) is 5.74. The minimum atomic E-state index is -0.792. The largest absolute Gasteiger partial charge is 0.341 e. The van der Waals surface area contributed by atoms with Gasteiger partial charge in [0, 0.05) is 19.2 Å². The van der Waals surface area contributed by atoms with E-state index >= 15 is 0 Å². The molecule has 0 aromatic heterocycles. The lowest BCUT2D eigenvalue weighted by Crippen LogP contribution is -2.45. The molecule has 1 aromatic carbocycles. The standard InChI is InChI=1S/C18H23N3O5/c1-11(2)8-19(9-12(3)4)15(22)10-20-17(23)13-6-5-7-14(21(25)26)16(13)18(20)24/h5-7,11-12H,8-10H2,1-4H3. The van der Waals surface area contributed by atoms with E-state index in [4.69, 9.17) is 0 Å². The van der Waals surface area contributed by atoms with Crippen LogP contribution in [0.15, 0.2) is 18.2 Å². The van der Waals surface area contributed by atoms with Crippen LogP contribution in [0.5, 0.6) is 0 Å².